The molecule has 0 unspecified atom stereocenters. The highest BCUT2D eigenvalue weighted by Crippen LogP contribution is 2.24. The molecular formula is C21H20N2O4S. The van der Waals surface area contributed by atoms with E-state index in [9.17, 15) is 9.59 Å². The molecule has 0 atom stereocenters. The number of thiazole rings is 1. The Balaban J connectivity index is 1.64. The standard InChI is InChI=1S/C21H20N2O4S/c1-3-26-19-7-6-15(14(2)24)9-17(19)12-27-20(25)10-18-13-28-21(23-18)16-5-4-8-22-11-16/h4-9,11,13H,3,10,12H2,1-2H3. The van der Waals surface area contributed by atoms with E-state index in [-0.39, 0.29) is 18.8 Å². The summed E-state index contributed by atoms with van der Waals surface area (Å²) >= 11 is 1.46. The summed E-state index contributed by atoms with van der Waals surface area (Å²) in [6, 6.07) is 8.89. The topological polar surface area (TPSA) is 78.4 Å². The van der Waals surface area contributed by atoms with Crippen molar-refractivity contribution in [2.75, 3.05) is 6.61 Å². The van der Waals surface area contributed by atoms with E-state index in [1.54, 1.807) is 30.6 Å². The van der Waals surface area contributed by atoms with Gasteiger partial charge in [0.05, 0.1) is 18.7 Å². The second kappa shape index (κ2) is 9.23. The first kappa shape index (κ1) is 19.7. The molecule has 2 aromatic heterocycles. The van der Waals surface area contributed by atoms with E-state index in [1.165, 1.54) is 18.3 Å². The highest BCUT2D eigenvalue weighted by atomic mass is 32.1. The summed E-state index contributed by atoms with van der Waals surface area (Å²) in [6.45, 7) is 3.88. The van der Waals surface area contributed by atoms with Crippen molar-refractivity contribution in [3.8, 4) is 16.3 Å². The Kier molecular flexibility index (Phi) is 6.49. The third kappa shape index (κ3) is 5.01. The number of nitrogens with zero attached hydrogens (tertiary/aromatic N) is 2. The number of aromatic nitrogens is 2. The number of benzene rings is 1. The zero-order chi connectivity index (χ0) is 19.9. The van der Waals surface area contributed by atoms with Crippen LogP contribution in [-0.4, -0.2) is 28.3 Å². The Morgan fingerprint density at radius 2 is 2.07 bits per heavy atom. The molecule has 0 amide bonds. The first-order chi connectivity index (χ1) is 13.6. The second-order valence-corrected chi connectivity index (χ2v) is 6.89. The highest BCUT2D eigenvalue weighted by molar-refractivity contribution is 7.13. The van der Waals surface area contributed by atoms with Crippen LogP contribution < -0.4 is 4.74 Å². The summed E-state index contributed by atoms with van der Waals surface area (Å²) in [5.41, 5.74) is 2.78. The Bertz CT molecular complexity index is 970. The van der Waals surface area contributed by atoms with Crippen LogP contribution in [0.4, 0.5) is 0 Å². The third-order valence-electron chi connectivity index (χ3n) is 3.94. The number of carbonyl (C=O) groups is 2. The van der Waals surface area contributed by atoms with Crippen molar-refractivity contribution in [3.05, 3.63) is 64.9 Å². The first-order valence-electron chi connectivity index (χ1n) is 8.84. The van der Waals surface area contributed by atoms with E-state index >= 15 is 0 Å². The minimum absolute atomic E-state index is 0.0366. The van der Waals surface area contributed by atoms with Crippen LogP contribution in [0.5, 0.6) is 5.75 Å². The molecule has 0 saturated heterocycles. The average Bonchev–Trinajstić information content (AvgIpc) is 3.16. The van der Waals surface area contributed by atoms with E-state index in [4.69, 9.17) is 9.47 Å². The SMILES string of the molecule is CCOc1ccc(C(C)=O)cc1COC(=O)Cc1csc(-c2cccnc2)n1. The van der Waals surface area contributed by atoms with E-state index in [0.717, 1.165) is 10.6 Å². The van der Waals surface area contributed by atoms with Crippen LogP contribution in [0.2, 0.25) is 0 Å². The first-order valence-corrected chi connectivity index (χ1v) is 9.72. The maximum Gasteiger partial charge on any atom is 0.312 e. The number of hydrogen-bond acceptors (Lipinski definition) is 7. The van der Waals surface area contributed by atoms with Crippen LogP contribution in [0.3, 0.4) is 0 Å². The van der Waals surface area contributed by atoms with Crippen LogP contribution in [0.25, 0.3) is 10.6 Å². The average molecular weight is 396 g/mol. The van der Waals surface area contributed by atoms with Crippen LogP contribution in [0, 0.1) is 0 Å². The second-order valence-electron chi connectivity index (χ2n) is 6.03. The summed E-state index contributed by atoms with van der Waals surface area (Å²) in [5, 5.41) is 2.65. The Labute approximate surface area is 167 Å². The van der Waals surface area contributed by atoms with Crippen molar-refractivity contribution in [1.82, 2.24) is 9.97 Å². The molecule has 0 spiro atoms. The molecule has 0 bridgehead atoms. The Morgan fingerprint density at radius 1 is 1.21 bits per heavy atom. The van der Waals surface area contributed by atoms with E-state index in [0.29, 0.717) is 29.2 Å². The number of rotatable bonds is 8. The van der Waals surface area contributed by atoms with Crippen molar-refractivity contribution >= 4 is 23.1 Å². The van der Waals surface area contributed by atoms with Crippen molar-refractivity contribution in [2.24, 2.45) is 0 Å². The van der Waals surface area contributed by atoms with Gasteiger partial charge in [0.15, 0.2) is 5.78 Å². The maximum absolute atomic E-state index is 12.2. The highest BCUT2D eigenvalue weighted by Gasteiger charge is 2.13. The minimum Gasteiger partial charge on any atom is -0.493 e. The fourth-order valence-corrected chi connectivity index (χ4v) is 3.39. The smallest absolute Gasteiger partial charge is 0.312 e. The van der Waals surface area contributed by atoms with Gasteiger partial charge in [0.1, 0.15) is 17.4 Å². The molecule has 3 aromatic rings. The zero-order valence-electron chi connectivity index (χ0n) is 15.7. The lowest BCUT2D eigenvalue weighted by Gasteiger charge is -2.12. The van der Waals surface area contributed by atoms with Gasteiger partial charge in [-0.2, -0.15) is 0 Å². The predicted molar refractivity (Wildman–Crippen MR) is 106 cm³/mol. The maximum atomic E-state index is 12.2. The molecule has 0 radical (unpaired) electrons. The van der Waals surface area contributed by atoms with Gasteiger partial charge in [-0.25, -0.2) is 4.98 Å². The zero-order valence-corrected chi connectivity index (χ0v) is 16.5. The molecular weight excluding hydrogens is 376 g/mol. The van der Waals surface area contributed by atoms with Gasteiger partial charge < -0.3 is 9.47 Å². The molecule has 0 fully saturated rings. The lowest BCUT2D eigenvalue weighted by Crippen LogP contribution is -2.10. The van der Waals surface area contributed by atoms with E-state index in [1.807, 2.05) is 24.4 Å². The molecule has 0 aliphatic rings. The fraction of sp³-hybridized carbons (Fsp3) is 0.238. The van der Waals surface area contributed by atoms with Crippen LogP contribution in [-0.2, 0) is 22.6 Å². The van der Waals surface area contributed by atoms with Gasteiger partial charge in [-0.1, -0.05) is 0 Å². The summed E-state index contributed by atoms with van der Waals surface area (Å²) in [7, 11) is 0. The van der Waals surface area contributed by atoms with Gasteiger partial charge in [0, 0.05) is 34.5 Å². The molecule has 0 aliphatic carbocycles. The van der Waals surface area contributed by atoms with Gasteiger partial charge in [0.25, 0.3) is 0 Å². The summed E-state index contributed by atoms with van der Waals surface area (Å²) in [6.07, 6.45) is 3.51. The Morgan fingerprint density at radius 3 is 2.79 bits per heavy atom. The summed E-state index contributed by atoms with van der Waals surface area (Å²) in [4.78, 5) is 32.4. The number of Topliss-reactive ketones (excluding diaryl/α,β-unsaturated/α-hetero) is 1. The molecule has 1 aromatic carbocycles. The number of carbonyl (C=O) groups excluding carboxylic acids is 2. The fourth-order valence-electron chi connectivity index (χ4n) is 2.57. The third-order valence-corrected chi connectivity index (χ3v) is 4.88. The monoisotopic (exact) mass is 396 g/mol. The number of esters is 1. The van der Waals surface area contributed by atoms with Crippen LogP contribution in [0.15, 0.2) is 48.1 Å². The van der Waals surface area contributed by atoms with Crippen molar-refractivity contribution in [1.29, 1.82) is 0 Å². The molecule has 3 rings (SSSR count). The predicted octanol–water partition coefficient (Wildman–Crippen LogP) is 4.09. The quantitative estimate of drug-likeness (QED) is 0.421. The molecule has 144 valence electrons. The largest absolute Gasteiger partial charge is 0.493 e. The summed E-state index contributed by atoms with van der Waals surface area (Å²) in [5.74, 6) is 0.160. The van der Waals surface area contributed by atoms with Gasteiger partial charge in [-0.3, -0.25) is 14.6 Å². The van der Waals surface area contributed by atoms with Crippen molar-refractivity contribution in [2.45, 2.75) is 26.9 Å². The van der Waals surface area contributed by atoms with Gasteiger partial charge >= 0.3 is 5.97 Å². The molecule has 6 nitrogen and oxygen atoms in total. The molecule has 0 aliphatic heterocycles. The van der Waals surface area contributed by atoms with Crippen molar-refractivity contribution in [3.63, 3.8) is 0 Å². The molecule has 2 heterocycles. The number of pyridine rings is 1. The van der Waals surface area contributed by atoms with E-state index in [2.05, 4.69) is 9.97 Å². The lowest BCUT2D eigenvalue weighted by atomic mass is 10.1. The number of ether oxygens (including phenoxy) is 2. The van der Waals surface area contributed by atoms with Gasteiger partial charge in [0.2, 0.25) is 0 Å². The van der Waals surface area contributed by atoms with Gasteiger partial charge in [-0.05, 0) is 44.2 Å². The lowest BCUT2D eigenvalue weighted by molar-refractivity contribution is -0.144. The summed E-state index contributed by atoms with van der Waals surface area (Å²) < 4.78 is 10.9. The molecule has 7 heteroatoms. The Hall–Kier alpha value is -3.06. The van der Waals surface area contributed by atoms with Crippen molar-refractivity contribution < 1.29 is 19.1 Å². The van der Waals surface area contributed by atoms with Gasteiger partial charge in [-0.15, -0.1) is 11.3 Å². The van der Waals surface area contributed by atoms with Crippen LogP contribution >= 0.6 is 11.3 Å². The van der Waals surface area contributed by atoms with E-state index < -0.39 is 5.97 Å². The molecule has 0 saturated carbocycles. The minimum atomic E-state index is -0.390. The van der Waals surface area contributed by atoms with Crippen LogP contribution in [0.1, 0.15) is 35.5 Å². The number of hydrogen-bond donors (Lipinski definition) is 0. The normalized spacial score (nSPS) is 10.5. The number of ketones is 1. The molecule has 28 heavy (non-hydrogen) atoms. The molecule has 0 N–H and O–H groups in total.